The molecule has 0 saturated carbocycles. The number of para-hydroxylation sites is 2. The minimum Gasteiger partial charge on any atom is -0.494 e. The van der Waals surface area contributed by atoms with E-state index in [9.17, 15) is 0 Å². The predicted molar refractivity (Wildman–Crippen MR) is 124 cm³/mol. The van der Waals surface area contributed by atoms with E-state index in [4.69, 9.17) is 9.72 Å². The Morgan fingerprint density at radius 2 is 1.67 bits per heavy atom. The zero-order chi connectivity index (χ0) is 20.8. The standard InChI is InChI=1S/C26H35N3O/c1-21-18-22(2)20-23(19-21)30-17-8-7-16-29-25-11-4-3-10-24(25)27-26(29)12-9-15-28-13-5-6-14-28/h3-4,10-11,18-20H,5-9,12-17H2,1-2H3. The molecule has 0 atom stereocenters. The van der Waals surface area contributed by atoms with Crippen LogP contribution in [0.5, 0.6) is 5.75 Å². The van der Waals surface area contributed by atoms with Crippen LogP contribution in [0.4, 0.5) is 0 Å². The highest BCUT2D eigenvalue weighted by molar-refractivity contribution is 5.75. The summed E-state index contributed by atoms with van der Waals surface area (Å²) in [5, 5.41) is 0. The Bertz CT molecular complexity index is 936. The molecule has 30 heavy (non-hydrogen) atoms. The first-order valence-corrected chi connectivity index (χ1v) is 11.6. The van der Waals surface area contributed by atoms with Crippen molar-refractivity contribution in [2.24, 2.45) is 0 Å². The lowest BCUT2D eigenvalue weighted by Gasteiger charge is -2.14. The third-order valence-corrected chi connectivity index (χ3v) is 6.05. The smallest absolute Gasteiger partial charge is 0.119 e. The van der Waals surface area contributed by atoms with Crippen LogP contribution >= 0.6 is 0 Å². The molecule has 3 aromatic rings. The maximum absolute atomic E-state index is 6.00. The molecule has 4 rings (SSSR count). The van der Waals surface area contributed by atoms with Gasteiger partial charge in [-0.3, -0.25) is 0 Å². The normalized spacial score (nSPS) is 14.6. The highest BCUT2D eigenvalue weighted by Crippen LogP contribution is 2.20. The van der Waals surface area contributed by atoms with Crippen LogP contribution in [-0.2, 0) is 13.0 Å². The number of nitrogens with zero attached hydrogens (tertiary/aromatic N) is 3. The first kappa shape index (κ1) is 20.9. The molecule has 4 nitrogen and oxygen atoms in total. The average molecular weight is 406 g/mol. The molecule has 2 aromatic carbocycles. The van der Waals surface area contributed by atoms with Gasteiger partial charge in [-0.15, -0.1) is 0 Å². The number of likely N-dealkylation sites (tertiary alicyclic amines) is 1. The molecule has 1 aliphatic heterocycles. The monoisotopic (exact) mass is 405 g/mol. The zero-order valence-corrected chi connectivity index (χ0v) is 18.6. The number of imidazole rings is 1. The minimum absolute atomic E-state index is 0.764. The van der Waals surface area contributed by atoms with E-state index in [0.29, 0.717) is 0 Å². The molecule has 160 valence electrons. The van der Waals surface area contributed by atoms with Gasteiger partial charge in [0.15, 0.2) is 0 Å². The molecular formula is C26H35N3O. The topological polar surface area (TPSA) is 30.3 Å². The first-order valence-electron chi connectivity index (χ1n) is 11.6. The lowest BCUT2D eigenvalue weighted by molar-refractivity contribution is 0.302. The van der Waals surface area contributed by atoms with Crippen LogP contribution in [0.3, 0.4) is 0 Å². The summed E-state index contributed by atoms with van der Waals surface area (Å²) in [6.45, 7) is 9.76. The van der Waals surface area contributed by atoms with Crippen LogP contribution < -0.4 is 4.74 Å². The highest BCUT2D eigenvalue weighted by Gasteiger charge is 2.13. The van der Waals surface area contributed by atoms with Gasteiger partial charge in [-0.1, -0.05) is 18.2 Å². The van der Waals surface area contributed by atoms with Gasteiger partial charge in [0, 0.05) is 13.0 Å². The van der Waals surface area contributed by atoms with Gasteiger partial charge in [-0.25, -0.2) is 4.98 Å². The van der Waals surface area contributed by atoms with Crippen molar-refractivity contribution in [3.8, 4) is 5.75 Å². The average Bonchev–Trinajstić information content (AvgIpc) is 3.35. The van der Waals surface area contributed by atoms with Gasteiger partial charge in [0.05, 0.1) is 17.6 Å². The quantitative estimate of drug-likeness (QED) is 0.415. The van der Waals surface area contributed by atoms with Crippen molar-refractivity contribution in [3.05, 3.63) is 59.4 Å². The molecule has 2 heterocycles. The summed E-state index contributed by atoms with van der Waals surface area (Å²) >= 11 is 0. The van der Waals surface area contributed by atoms with Crippen molar-refractivity contribution < 1.29 is 4.74 Å². The number of benzene rings is 2. The van der Waals surface area contributed by atoms with Crippen LogP contribution in [0.25, 0.3) is 11.0 Å². The maximum atomic E-state index is 6.00. The zero-order valence-electron chi connectivity index (χ0n) is 18.6. The van der Waals surface area contributed by atoms with Crippen molar-refractivity contribution in [3.63, 3.8) is 0 Å². The summed E-state index contributed by atoms with van der Waals surface area (Å²) in [4.78, 5) is 7.55. The Morgan fingerprint density at radius 1 is 0.900 bits per heavy atom. The summed E-state index contributed by atoms with van der Waals surface area (Å²) in [5.41, 5.74) is 4.91. The summed E-state index contributed by atoms with van der Waals surface area (Å²) < 4.78 is 8.44. The molecular weight excluding hydrogens is 370 g/mol. The molecule has 1 fully saturated rings. The Labute approximate surface area is 180 Å². The lowest BCUT2D eigenvalue weighted by Crippen LogP contribution is -2.21. The molecule has 0 bridgehead atoms. The number of rotatable bonds is 10. The number of aryl methyl sites for hydroxylation is 4. The van der Waals surface area contributed by atoms with Gasteiger partial charge in [0.2, 0.25) is 0 Å². The van der Waals surface area contributed by atoms with Crippen LogP contribution in [0, 0.1) is 13.8 Å². The molecule has 0 radical (unpaired) electrons. The first-order chi connectivity index (χ1) is 14.7. The summed E-state index contributed by atoms with van der Waals surface area (Å²) in [6, 6.07) is 15.0. The van der Waals surface area contributed by atoms with Gasteiger partial charge in [0.25, 0.3) is 0 Å². The van der Waals surface area contributed by atoms with Crippen LogP contribution in [-0.4, -0.2) is 40.7 Å². The van der Waals surface area contributed by atoms with Gasteiger partial charge in [-0.05, 0) is 101 Å². The molecule has 1 saturated heterocycles. The highest BCUT2D eigenvalue weighted by atomic mass is 16.5. The minimum atomic E-state index is 0.764. The largest absolute Gasteiger partial charge is 0.494 e. The van der Waals surface area contributed by atoms with E-state index in [1.165, 1.54) is 61.4 Å². The molecule has 0 unspecified atom stereocenters. The van der Waals surface area contributed by atoms with Crippen molar-refractivity contribution in [2.45, 2.75) is 58.9 Å². The molecule has 0 spiro atoms. The third kappa shape index (κ3) is 5.42. The second-order valence-electron chi connectivity index (χ2n) is 8.70. The van der Waals surface area contributed by atoms with Crippen molar-refractivity contribution >= 4 is 11.0 Å². The van der Waals surface area contributed by atoms with Gasteiger partial charge >= 0.3 is 0 Å². The second-order valence-corrected chi connectivity index (χ2v) is 8.70. The van der Waals surface area contributed by atoms with Gasteiger partial charge < -0.3 is 14.2 Å². The van der Waals surface area contributed by atoms with E-state index in [-0.39, 0.29) is 0 Å². The molecule has 0 N–H and O–H groups in total. The molecule has 1 aliphatic rings. The van der Waals surface area contributed by atoms with Crippen molar-refractivity contribution in [1.82, 2.24) is 14.5 Å². The van der Waals surface area contributed by atoms with E-state index in [0.717, 1.165) is 43.7 Å². The van der Waals surface area contributed by atoms with E-state index in [1.807, 2.05) is 0 Å². The SMILES string of the molecule is Cc1cc(C)cc(OCCCCn2c(CCCN3CCCC3)nc3ccccc32)c1. The number of aromatic nitrogens is 2. The fraction of sp³-hybridized carbons (Fsp3) is 0.500. The summed E-state index contributed by atoms with van der Waals surface area (Å²) in [6.07, 6.45) is 7.13. The number of ether oxygens (including phenoxy) is 1. The lowest BCUT2D eigenvalue weighted by atomic mass is 10.1. The number of hydrogen-bond acceptors (Lipinski definition) is 3. The molecule has 4 heteroatoms. The van der Waals surface area contributed by atoms with E-state index in [1.54, 1.807) is 0 Å². The van der Waals surface area contributed by atoms with Crippen LogP contribution in [0.2, 0.25) is 0 Å². The fourth-order valence-corrected chi connectivity index (χ4v) is 4.61. The molecule has 0 amide bonds. The Hall–Kier alpha value is -2.33. The predicted octanol–water partition coefficient (Wildman–Crippen LogP) is 5.54. The number of fused-ring (bicyclic) bond motifs is 1. The molecule has 0 aliphatic carbocycles. The Morgan fingerprint density at radius 3 is 2.47 bits per heavy atom. The Kier molecular flexibility index (Phi) is 7.06. The maximum Gasteiger partial charge on any atom is 0.119 e. The van der Waals surface area contributed by atoms with Gasteiger partial charge in [-0.2, -0.15) is 0 Å². The Balaban J connectivity index is 1.31. The summed E-state index contributed by atoms with van der Waals surface area (Å²) in [5.74, 6) is 2.23. The number of unbranched alkanes of at least 4 members (excludes halogenated alkanes) is 1. The fourth-order valence-electron chi connectivity index (χ4n) is 4.61. The molecule has 1 aromatic heterocycles. The van der Waals surface area contributed by atoms with Crippen LogP contribution in [0.1, 0.15) is 49.1 Å². The van der Waals surface area contributed by atoms with Crippen molar-refractivity contribution in [1.29, 1.82) is 0 Å². The van der Waals surface area contributed by atoms with Crippen molar-refractivity contribution in [2.75, 3.05) is 26.2 Å². The third-order valence-electron chi connectivity index (χ3n) is 6.05. The van der Waals surface area contributed by atoms with E-state index in [2.05, 4.69) is 65.8 Å². The van der Waals surface area contributed by atoms with E-state index < -0.39 is 0 Å². The van der Waals surface area contributed by atoms with Gasteiger partial charge in [0.1, 0.15) is 11.6 Å². The second kappa shape index (κ2) is 10.1. The van der Waals surface area contributed by atoms with E-state index >= 15 is 0 Å². The van der Waals surface area contributed by atoms with Crippen LogP contribution in [0.15, 0.2) is 42.5 Å². The summed E-state index contributed by atoms with van der Waals surface area (Å²) in [7, 11) is 0. The number of hydrogen-bond donors (Lipinski definition) is 0.